The molecule has 0 radical (unpaired) electrons. The second-order valence-electron chi connectivity index (χ2n) is 4.25. The van der Waals surface area contributed by atoms with Gasteiger partial charge in [0.25, 0.3) is 10.0 Å². The molecule has 0 bridgehead atoms. The van der Waals surface area contributed by atoms with Gasteiger partial charge in [0, 0.05) is 11.1 Å². The van der Waals surface area contributed by atoms with Crippen LogP contribution < -0.4 is 14.2 Å². The molecule has 5 nitrogen and oxygen atoms in total. The highest BCUT2D eigenvalue weighted by molar-refractivity contribution is 7.92. The third-order valence-corrected chi connectivity index (χ3v) is 4.46. The second-order valence-corrected chi connectivity index (χ2v) is 6.33. The van der Waals surface area contributed by atoms with E-state index in [1.54, 1.807) is 6.07 Å². The lowest BCUT2D eigenvalue weighted by Crippen LogP contribution is -2.15. The molecule has 22 heavy (non-hydrogen) atoms. The molecular formula is C14H13ClFNO4S. The van der Waals surface area contributed by atoms with E-state index < -0.39 is 15.8 Å². The molecule has 8 heteroatoms. The summed E-state index contributed by atoms with van der Waals surface area (Å²) in [6.45, 7) is 0. The molecule has 0 amide bonds. The van der Waals surface area contributed by atoms with Gasteiger partial charge < -0.3 is 9.47 Å². The van der Waals surface area contributed by atoms with Crippen LogP contribution in [-0.2, 0) is 10.0 Å². The van der Waals surface area contributed by atoms with Crippen molar-refractivity contribution in [3.63, 3.8) is 0 Å². The van der Waals surface area contributed by atoms with Gasteiger partial charge in [-0.1, -0.05) is 11.6 Å². The van der Waals surface area contributed by atoms with Crippen molar-refractivity contribution in [3.8, 4) is 11.5 Å². The Kier molecular flexibility index (Phi) is 4.77. The van der Waals surface area contributed by atoms with Gasteiger partial charge in [-0.2, -0.15) is 0 Å². The highest BCUT2D eigenvalue weighted by Crippen LogP contribution is 2.30. The SMILES string of the molecule is COc1ccc(OC)c(S(=O)(=O)Nc2ccc(Cl)cc2F)c1. The van der Waals surface area contributed by atoms with E-state index in [9.17, 15) is 12.8 Å². The molecular weight excluding hydrogens is 333 g/mol. The first-order valence-corrected chi connectivity index (χ1v) is 7.93. The van der Waals surface area contributed by atoms with Crippen LogP contribution in [0.5, 0.6) is 11.5 Å². The topological polar surface area (TPSA) is 64.6 Å². The first-order valence-electron chi connectivity index (χ1n) is 6.07. The van der Waals surface area contributed by atoms with Gasteiger partial charge in [-0.3, -0.25) is 4.72 Å². The zero-order valence-corrected chi connectivity index (χ0v) is 13.3. The molecule has 0 aliphatic heterocycles. The maximum Gasteiger partial charge on any atom is 0.265 e. The molecule has 0 saturated heterocycles. The Morgan fingerprint density at radius 2 is 1.82 bits per heavy atom. The Balaban J connectivity index is 2.46. The van der Waals surface area contributed by atoms with Crippen molar-refractivity contribution in [2.75, 3.05) is 18.9 Å². The van der Waals surface area contributed by atoms with Gasteiger partial charge in [0.1, 0.15) is 22.2 Å². The van der Waals surface area contributed by atoms with Crippen LogP contribution >= 0.6 is 11.6 Å². The van der Waals surface area contributed by atoms with E-state index in [0.29, 0.717) is 5.75 Å². The molecule has 0 saturated carbocycles. The summed E-state index contributed by atoms with van der Waals surface area (Å²) in [5, 5.41) is 0.166. The summed E-state index contributed by atoms with van der Waals surface area (Å²) in [7, 11) is -1.32. The fourth-order valence-electron chi connectivity index (χ4n) is 1.77. The first kappa shape index (κ1) is 16.4. The monoisotopic (exact) mass is 345 g/mol. The molecule has 0 aliphatic carbocycles. The molecule has 1 N–H and O–H groups in total. The predicted octanol–water partition coefficient (Wildman–Crippen LogP) is 3.30. The number of ether oxygens (including phenoxy) is 2. The van der Waals surface area contributed by atoms with Crippen molar-refractivity contribution in [2.24, 2.45) is 0 Å². The summed E-state index contributed by atoms with van der Waals surface area (Å²) in [6.07, 6.45) is 0. The van der Waals surface area contributed by atoms with E-state index >= 15 is 0 Å². The molecule has 0 spiro atoms. The molecule has 2 aromatic rings. The minimum Gasteiger partial charge on any atom is -0.497 e. The summed E-state index contributed by atoms with van der Waals surface area (Å²) in [5.41, 5.74) is -0.214. The third-order valence-electron chi connectivity index (χ3n) is 2.84. The van der Waals surface area contributed by atoms with Crippen molar-refractivity contribution in [1.82, 2.24) is 0 Å². The van der Waals surface area contributed by atoms with E-state index in [1.807, 2.05) is 0 Å². The van der Waals surface area contributed by atoms with E-state index in [-0.39, 0.29) is 21.4 Å². The van der Waals surface area contributed by atoms with E-state index in [0.717, 1.165) is 6.07 Å². The minimum atomic E-state index is -4.06. The zero-order chi connectivity index (χ0) is 16.3. The van der Waals surface area contributed by atoms with Crippen LogP contribution in [0.2, 0.25) is 5.02 Å². The van der Waals surface area contributed by atoms with Crippen LogP contribution in [0.15, 0.2) is 41.3 Å². The number of hydrogen-bond donors (Lipinski definition) is 1. The first-order chi connectivity index (χ1) is 10.4. The van der Waals surface area contributed by atoms with Gasteiger partial charge in [0.05, 0.1) is 19.9 Å². The summed E-state index contributed by atoms with van der Waals surface area (Å²) in [6, 6.07) is 7.93. The number of sulfonamides is 1. The lowest BCUT2D eigenvalue weighted by Gasteiger charge is -2.13. The number of hydrogen-bond acceptors (Lipinski definition) is 4. The average molecular weight is 346 g/mol. The predicted molar refractivity (Wildman–Crippen MR) is 81.8 cm³/mol. The standard InChI is InChI=1S/C14H13ClFNO4S/c1-20-10-4-6-13(21-2)14(8-10)22(18,19)17-12-5-3-9(15)7-11(12)16/h3-8,17H,1-2H3. The number of halogens is 2. The molecule has 0 atom stereocenters. The fraction of sp³-hybridized carbons (Fsp3) is 0.143. The van der Waals surface area contributed by atoms with E-state index in [1.165, 1.54) is 38.5 Å². The number of nitrogens with one attached hydrogen (secondary N) is 1. The Hall–Kier alpha value is -1.99. The molecule has 0 fully saturated rings. The van der Waals surface area contributed by atoms with Gasteiger partial charge in [-0.15, -0.1) is 0 Å². The number of benzene rings is 2. The zero-order valence-electron chi connectivity index (χ0n) is 11.8. The highest BCUT2D eigenvalue weighted by Gasteiger charge is 2.22. The van der Waals surface area contributed by atoms with Gasteiger partial charge >= 0.3 is 0 Å². The Morgan fingerprint density at radius 3 is 2.41 bits per heavy atom. The lowest BCUT2D eigenvalue weighted by atomic mass is 10.3. The Bertz CT molecular complexity index is 795. The van der Waals surface area contributed by atoms with Gasteiger partial charge in [0.2, 0.25) is 0 Å². The van der Waals surface area contributed by atoms with Crippen molar-refractivity contribution < 1.29 is 22.3 Å². The van der Waals surface area contributed by atoms with Crippen molar-refractivity contribution in [1.29, 1.82) is 0 Å². The average Bonchev–Trinajstić information content (AvgIpc) is 2.49. The van der Waals surface area contributed by atoms with Crippen LogP contribution in [0.1, 0.15) is 0 Å². The molecule has 0 unspecified atom stereocenters. The molecule has 0 heterocycles. The number of anilines is 1. The van der Waals surface area contributed by atoms with Gasteiger partial charge in [-0.25, -0.2) is 12.8 Å². The van der Waals surface area contributed by atoms with Crippen molar-refractivity contribution in [2.45, 2.75) is 4.90 Å². The molecule has 0 aliphatic rings. The Labute approximate surface area is 132 Å². The minimum absolute atomic E-state index is 0.114. The van der Waals surface area contributed by atoms with Crippen LogP contribution in [0.25, 0.3) is 0 Å². The summed E-state index contributed by atoms with van der Waals surface area (Å²) in [4.78, 5) is -0.163. The Morgan fingerprint density at radius 1 is 1.09 bits per heavy atom. The van der Waals surface area contributed by atoms with Crippen molar-refractivity contribution in [3.05, 3.63) is 47.2 Å². The smallest absolute Gasteiger partial charge is 0.265 e. The van der Waals surface area contributed by atoms with Crippen LogP contribution in [0.3, 0.4) is 0 Å². The van der Waals surface area contributed by atoms with Crippen molar-refractivity contribution >= 4 is 27.3 Å². The lowest BCUT2D eigenvalue weighted by molar-refractivity contribution is 0.392. The van der Waals surface area contributed by atoms with Crippen LogP contribution in [0, 0.1) is 5.82 Å². The van der Waals surface area contributed by atoms with Gasteiger partial charge in [0.15, 0.2) is 0 Å². The maximum atomic E-state index is 13.8. The third kappa shape index (κ3) is 3.42. The molecule has 2 rings (SSSR count). The largest absolute Gasteiger partial charge is 0.497 e. The van der Waals surface area contributed by atoms with E-state index in [4.69, 9.17) is 21.1 Å². The van der Waals surface area contributed by atoms with E-state index in [2.05, 4.69) is 4.72 Å². The van der Waals surface area contributed by atoms with Crippen LogP contribution in [0.4, 0.5) is 10.1 Å². The second kappa shape index (κ2) is 6.41. The van der Waals surface area contributed by atoms with Crippen LogP contribution in [-0.4, -0.2) is 22.6 Å². The normalized spacial score (nSPS) is 11.1. The number of methoxy groups -OCH3 is 2. The number of rotatable bonds is 5. The maximum absolute atomic E-state index is 13.8. The molecule has 118 valence electrons. The fourth-order valence-corrected chi connectivity index (χ4v) is 3.18. The summed E-state index contributed by atoms with van der Waals surface area (Å²) < 4.78 is 50.8. The van der Waals surface area contributed by atoms with Gasteiger partial charge in [-0.05, 0) is 30.3 Å². The molecule has 0 aromatic heterocycles. The quantitative estimate of drug-likeness (QED) is 0.903. The summed E-state index contributed by atoms with van der Waals surface area (Å²) in [5.74, 6) is -0.335. The highest BCUT2D eigenvalue weighted by atomic mass is 35.5. The molecule has 2 aromatic carbocycles. The summed E-state index contributed by atoms with van der Waals surface area (Å²) >= 11 is 5.64.